The molecule has 0 heterocycles. The molecule has 0 aliphatic heterocycles. The molecule has 0 unspecified atom stereocenters. The number of benzene rings is 1. The van der Waals surface area contributed by atoms with Crippen LogP contribution in [0.2, 0.25) is 0 Å². The van der Waals surface area contributed by atoms with Gasteiger partial charge in [-0.2, -0.15) is 10.5 Å². The smallest absolute Gasteiger partial charge is 0.144 e. The summed E-state index contributed by atoms with van der Waals surface area (Å²) in [5.41, 5.74) is 0.448. The van der Waals surface area contributed by atoms with Crippen molar-refractivity contribution in [2.75, 3.05) is 7.11 Å². The topological polar surface area (TPSA) is 56.8 Å². The highest BCUT2D eigenvalue weighted by molar-refractivity contribution is 5.44. The third-order valence-electron chi connectivity index (χ3n) is 1.76. The molecule has 0 amide bonds. The molecule has 0 aliphatic carbocycles. The molecule has 1 aromatic rings. The number of ether oxygens (including phenoxy) is 1. The summed E-state index contributed by atoms with van der Waals surface area (Å²) >= 11 is 0. The number of methoxy groups -OCH3 is 1. The Labute approximate surface area is 81.0 Å². The van der Waals surface area contributed by atoms with Gasteiger partial charge in [-0.15, -0.1) is 0 Å². The average molecular weight is 190 g/mol. The quantitative estimate of drug-likeness (QED) is 0.714. The van der Waals surface area contributed by atoms with Crippen molar-refractivity contribution in [3.8, 4) is 17.9 Å². The zero-order valence-electron chi connectivity index (χ0n) is 7.54. The molecule has 0 fully saturated rings. The highest BCUT2D eigenvalue weighted by Crippen LogP contribution is 2.22. The van der Waals surface area contributed by atoms with E-state index in [4.69, 9.17) is 15.3 Å². The maximum Gasteiger partial charge on any atom is 0.144 e. The predicted molar refractivity (Wildman–Crippen MR) is 47.0 cm³/mol. The van der Waals surface area contributed by atoms with E-state index < -0.39 is 5.82 Å². The van der Waals surface area contributed by atoms with Crippen LogP contribution in [0.15, 0.2) is 12.1 Å². The second-order valence-corrected chi connectivity index (χ2v) is 2.59. The molecule has 0 atom stereocenters. The second kappa shape index (κ2) is 4.25. The minimum absolute atomic E-state index is 0.0731. The molecule has 0 saturated carbocycles. The fourth-order valence-electron chi connectivity index (χ4n) is 1.10. The molecule has 4 heteroatoms. The van der Waals surface area contributed by atoms with Crippen molar-refractivity contribution < 1.29 is 9.13 Å². The number of rotatable bonds is 2. The predicted octanol–water partition coefficient (Wildman–Crippen LogP) is 1.77. The molecule has 0 aliphatic rings. The van der Waals surface area contributed by atoms with E-state index in [9.17, 15) is 4.39 Å². The van der Waals surface area contributed by atoms with E-state index >= 15 is 0 Å². The monoisotopic (exact) mass is 190 g/mol. The molecule has 0 saturated heterocycles. The Morgan fingerprint density at radius 2 is 2.14 bits per heavy atom. The van der Waals surface area contributed by atoms with Crippen molar-refractivity contribution in [2.45, 2.75) is 6.42 Å². The first-order valence-electron chi connectivity index (χ1n) is 3.86. The van der Waals surface area contributed by atoms with E-state index in [0.717, 1.165) is 6.07 Å². The molecule has 0 spiro atoms. The second-order valence-electron chi connectivity index (χ2n) is 2.59. The van der Waals surface area contributed by atoms with Crippen LogP contribution in [0.25, 0.3) is 0 Å². The Morgan fingerprint density at radius 3 is 2.64 bits per heavy atom. The fourth-order valence-corrected chi connectivity index (χ4v) is 1.10. The SMILES string of the molecule is COc1cc(F)c(C#N)cc1CC#N. The maximum absolute atomic E-state index is 13.1. The fraction of sp³-hybridized carbons (Fsp3) is 0.200. The van der Waals surface area contributed by atoms with Gasteiger partial charge in [-0.1, -0.05) is 0 Å². The molecule has 1 rings (SSSR count). The molecular formula is C10H7FN2O. The highest BCUT2D eigenvalue weighted by atomic mass is 19.1. The Kier molecular flexibility index (Phi) is 3.04. The van der Waals surface area contributed by atoms with Crippen LogP contribution < -0.4 is 4.74 Å². The van der Waals surface area contributed by atoms with Crippen LogP contribution in [-0.2, 0) is 6.42 Å². The Morgan fingerprint density at radius 1 is 1.43 bits per heavy atom. The summed E-state index contributed by atoms with van der Waals surface area (Å²) in [5.74, 6) is -0.339. The van der Waals surface area contributed by atoms with Crippen molar-refractivity contribution in [1.82, 2.24) is 0 Å². The number of hydrogen-bond acceptors (Lipinski definition) is 3. The lowest BCUT2D eigenvalue weighted by atomic mass is 10.1. The van der Waals surface area contributed by atoms with E-state index in [-0.39, 0.29) is 12.0 Å². The van der Waals surface area contributed by atoms with Crippen LogP contribution in [0.4, 0.5) is 4.39 Å². The normalized spacial score (nSPS) is 8.86. The zero-order chi connectivity index (χ0) is 10.6. The van der Waals surface area contributed by atoms with Gasteiger partial charge in [0.15, 0.2) is 0 Å². The Balaban J connectivity index is 3.28. The van der Waals surface area contributed by atoms with Crippen molar-refractivity contribution in [2.24, 2.45) is 0 Å². The number of nitrogens with zero attached hydrogens (tertiary/aromatic N) is 2. The van der Waals surface area contributed by atoms with Crippen LogP contribution in [0, 0.1) is 28.5 Å². The van der Waals surface area contributed by atoms with Gasteiger partial charge < -0.3 is 4.74 Å². The first-order valence-corrected chi connectivity index (χ1v) is 3.86. The van der Waals surface area contributed by atoms with E-state index in [2.05, 4.69) is 0 Å². The van der Waals surface area contributed by atoms with Crippen molar-refractivity contribution in [1.29, 1.82) is 10.5 Å². The van der Waals surface area contributed by atoms with Gasteiger partial charge in [0.2, 0.25) is 0 Å². The van der Waals surface area contributed by atoms with Gasteiger partial charge in [0, 0.05) is 11.6 Å². The number of hydrogen-bond donors (Lipinski definition) is 0. The van der Waals surface area contributed by atoms with Gasteiger partial charge in [0.1, 0.15) is 17.6 Å². The molecule has 0 radical (unpaired) electrons. The first-order chi connectivity index (χ1) is 6.72. The van der Waals surface area contributed by atoms with Gasteiger partial charge in [0.05, 0.1) is 25.2 Å². The lowest BCUT2D eigenvalue weighted by Gasteiger charge is -2.05. The van der Waals surface area contributed by atoms with E-state index in [1.165, 1.54) is 13.2 Å². The summed E-state index contributed by atoms with van der Waals surface area (Å²) in [5, 5.41) is 17.1. The summed E-state index contributed by atoms with van der Waals surface area (Å²) in [4.78, 5) is 0. The molecule has 0 N–H and O–H groups in total. The summed E-state index contributed by atoms with van der Waals surface area (Å²) in [6.45, 7) is 0. The summed E-state index contributed by atoms with van der Waals surface area (Å²) in [7, 11) is 1.39. The minimum Gasteiger partial charge on any atom is -0.496 e. The molecule has 70 valence electrons. The minimum atomic E-state index is -0.633. The molecular weight excluding hydrogens is 183 g/mol. The van der Waals surface area contributed by atoms with Gasteiger partial charge >= 0.3 is 0 Å². The lowest BCUT2D eigenvalue weighted by molar-refractivity contribution is 0.407. The summed E-state index contributed by atoms with van der Waals surface area (Å²) < 4.78 is 18.0. The van der Waals surface area contributed by atoms with E-state index in [1.807, 2.05) is 6.07 Å². The van der Waals surface area contributed by atoms with Gasteiger partial charge in [0.25, 0.3) is 0 Å². The first kappa shape index (κ1) is 10.0. The van der Waals surface area contributed by atoms with E-state index in [0.29, 0.717) is 11.3 Å². The summed E-state index contributed by atoms with van der Waals surface area (Å²) in [6, 6.07) is 6.07. The number of nitriles is 2. The largest absolute Gasteiger partial charge is 0.496 e. The van der Waals surface area contributed by atoms with Gasteiger partial charge in [-0.25, -0.2) is 4.39 Å². The Hall–Kier alpha value is -2.07. The van der Waals surface area contributed by atoms with Crippen molar-refractivity contribution in [3.63, 3.8) is 0 Å². The van der Waals surface area contributed by atoms with Crippen LogP contribution in [-0.4, -0.2) is 7.11 Å². The lowest BCUT2D eigenvalue weighted by Crippen LogP contribution is -1.95. The van der Waals surface area contributed by atoms with Crippen LogP contribution >= 0.6 is 0 Å². The van der Waals surface area contributed by atoms with Gasteiger partial charge in [-0.3, -0.25) is 0 Å². The molecule has 3 nitrogen and oxygen atoms in total. The van der Waals surface area contributed by atoms with Crippen LogP contribution in [0.5, 0.6) is 5.75 Å². The van der Waals surface area contributed by atoms with Crippen LogP contribution in [0.1, 0.15) is 11.1 Å². The molecule has 14 heavy (non-hydrogen) atoms. The third-order valence-corrected chi connectivity index (χ3v) is 1.76. The van der Waals surface area contributed by atoms with Crippen molar-refractivity contribution >= 4 is 0 Å². The zero-order valence-corrected chi connectivity index (χ0v) is 7.54. The van der Waals surface area contributed by atoms with E-state index in [1.54, 1.807) is 6.07 Å². The highest BCUT2D eigenvalue weighted by Gasteiger charge is 2.09. The average Bonchev–Trinajstić information content (AvgIpc) is 2.20. The maximum atomic E-state index is 13.1. The standard InChI is InChI=1S/C10H7FN2O/c1-14-10-5-9(11)8(6-13)4-7(10)2-3-12/h4-5H,2H2,1H3. The third kappa shape index (κ3) is 1.81. The van der Waals surface area contributed by atoms with Crippen LogP contribution in [0.3, 0.4) is 0 Å². The molecule has 1 aromatic carbocycles. The summed E-state index contributed by atoms with van der Waals surface area (Å²) in [6.07, 6.45) is 0.0954. The molecule has 0 bridgehead atoms. The van der Waals surface area contributed by atoms with Gasteiger partial charge in [-0.05, 0) is 6.07 Å². The molecule has 0 aromatic heterocycles. The van der Waals surface area contributed by atoms with Crippen molar-refractivity contribution in [3.05, 3.63) is 29.1 Å². The number of halogens is 1. The Bertz CT molecular complexity index is 429.